The van der Waals surface area contributed by atoms with Crippen LogP contribution in [0.5, 0.6) is 0 Å². The number of piperazine rings is 2. The first-order chi connectivity index (χ1) is 39.5. The number of nitrogens with zero attached hydrogens (tertiary/aromatic N) is 12. The van der Waals surface area contributed by atoms with Gasteiger partial charge in [0.1, 0.15) is 73.9 Å². The van der Waals surface area contributed by atoms with Gasteiger partial charge in [0.15, 0.2) is 0 Å². The molecule has 0 saturated carbocycles. The van der Waals surface area contributed by atoms with Gasteiger partial charge in [0.2, 0.25) is 0 Å². The molecule has 84 heavy (non-hydrogen) atoms. The van der Waals surface area contributed by atoms with Gasteiger partial charge in [-0.2, -0.15) is 36.3 Å². The maximum atomic E-state index is 14.2. The van der Waals surface area contributed by atoms with Crippen molar-refractivity contribution in [2.45, 2.75) is 117 Å². The summed E-state index contributed by atoms with van der Waals surface area (Å²) in [6, 6.07) is 20.6. The van der Waals surface area contributed by atoms with E-state index < -0.39 is 57.9 Å². The topological polar surface area (TPSA) is 180 Å². The van der Waals surface area contributed by atoms with E-state index in [0.29, 0.717) is 50.2 Å². The molecule has 2 aliphatic rings. The van der Waals surface area contributed by atoms with Crippen LogP contribution in [0.3, 0.4) is 0 Å². The maximum Gasteiger partial charge on any atom is 0.433 e. The second kappa shape index (κ2) is 25.2. The van der Waals surface area contributed by atoms with Gasteiger partial charge in [0.25, 0.3) is 0 Å². The van der Waals surface area contributed by atoms with Crippen LogP contribution in [0.15, 0.2) is 107 Å². The number of alkyl halides is 6. The van der Waals surface area contributed by atoms with Gasteiger partial charge in [-0.15, -0.1) is 9.29 Å². The van der Waals surface area contributed by atoms with Crippen LogP contribution in [0, 0.1) is 13.8 Å². The number of rotatable bonds is 18. The van der Waals surface area contributed by atoms with Crippen LogP contribution in [0.4, 0.5) is 38.0 Å². The summed E-state index contributed by atoms with van der Waals surface area (Å²) < 4.78 is 87.5. The van der Waals surface area contributed by atoms with E-state index in [1.54, 1.807) is 75.9 Å². The van der Waals surface area contributed by atoms with Crippen molar-refractivity contribution in [2.75, 3.05) is 75.2 Å². The number of aromatic nitrogens is 8. The highest BCUT2D eigenvalue weighted by Crippen LogP contribution is 2.35. The zero-order chi connectivity index (χ0) is 60.8. The van der Waals surface area contributed by atoms with E-state index in [4.69, 9.17) is 9.68 Å². The van der Waals surface area contributed by atoms with Crippen molar-refractivity contribution < 1.29 is 54.9 Å². The number of hydrogen-bond acceptors (Lipinski definition) is 14. The largest absolute Gasteiger partial charge is 0.433 e. The second-order valence-corrected chi connectivity index (χ2v) is 23.6. The Morgan fingerprint density at radius 3 is 1.37 bits per heavy atom. The lowest BCUT2D eigenvalue weighted by Crippen LogP contribution is -2.61. The van der Waals surface area contributed by atoms with E-state index in [-0.39, 0.29) is 98.0 Å². The van der Waals surface area contributed by atoms with Crippen LogP contribution in [-0.4, -0.2) is 126 Å². The molecule has 4 aromatic heterocycles. The molecule has 0 bridgehead atoms. The van der Waals surface area contributed by atoms with Gasteiger partial charge in [0.05, 0.1) is 37.6 Å². The molecule has 2 saturated heterocycles. The molecular formula is C60H72F6N12O6+2. The SMILES string of the molecule is Cc1ccc(-c2ccn(CCCC[N+]3(OC(=O)/C=C/C(=O)O[N+]4(CCCCn5ccc(-c6ccccc6C)nc5=O)CCN(c5cc(C(F)(F)F)nc(C(C)(C)C)n5)CC4)CCN(c4cc(C(F)(F)F)nc(C(C)(C)C)n4)CC3)c(=O)n2)cc1. The minimum atomic E-state index is -4.74. The van der Waals surface area contributed by atoms with E-state index in [1.807, 2.05) is 62.4 Å². The molecule has 8 rings (SSSR count). The molecule has 2 aliphatic heterocycles. The zero-order valence-corrected chi connectivity index (χ0v) is 48.6. The summed E-state index contributed by atoms with van der Waals surface area (Å²) in [7, 11) is 0. The fourth-order valence-corrected chi connectivity index (χ4v) is 10.0. The molecule has 0 amide bonds. The van der Waals surface area contributed by atoms with E-state index in [2.05, 4.69) is 29.9 Å². The number of unbranched alkanes of at least 4 members (excludes halogenated alkanes) is 2. The molecule has 2 aromatic carbocycles. The average molecular weight is 1170 g/mol. The number of hydroxylamine groups is 6. The first-order valence-corrected chi connectivity index (χ1v) is 28.1. The molecule has 448 valence electrons. The summed E-state index contributed by atoms with van der Waals surface area (Å²) in [6.45, 7) is 16.3. The Hall–Kier alpha value is -7.86. The summed E-state index contributed by atoms with van der Waals surface area (Å²) in [5.74, 6) is -1.62. The summed E-state index contributed by atoms with van der Waals surface area (Å²) in [6.07, 6.45) is -2.41. The molecule has 0 aliphatic carbocycles. The first kappa shape index (κ1) is 62.2. The van der Waals surface area contributed by atoms with E-state index in [0.717, 1.165) is 46.5 Å². The van der Waals surface area contributed by atoms with Gasteiger partial charge < -0.3 is 9.80 Å². The predicted octanol–water partition coefficient (Wildman–Crippen LogP) is 9.37. The number of anilines is 2. The number of halogens is 6. The Morgan fingerprint density at radius 1 is 0.548 bits per heavy atom. The van der Waals surface area contributed by atoms with Gasteiger partial charge in [-0.3, -0.25) is 18.8 Å². The molecule has 18 nitrogen and oxygen atoms in total. The minimum Gasteiger partial charge on any atom is -0.345 e. The van der Waals surface area contributed by atoms with E-state index >= 15 is 0 Å². The van der Waals surface area contributed by atoms with Gasteiger partial charge in [-0.25, -0.2) is 39.1 Å². The van der Waals surface area contributed by atoms with Crippen LogP contribution in [0.2, 0.25) is 0 Å². The summed E-state index contributed by atoms with van der Waals surface area (Å²) in [4.78, 5) is 95.2. The molecule has 0 atom stereocenters. The summed E-state index contributed by atoms with van der Waals surface area (Å²) in [5.41, 5.74) is 0.102. The quantitative estimate of drug-likeness (QED) is 0.0344. The van der Waals surface area contributed by atoms with Crippen molar-refractivity contribution in [3.63, 3.8) is 0 Å². The second-order valence-electron chi connectivity index (χ2n) is 23.6. The highest BCUT2D eigenvalue weighted by Gasteiger charge is 2.43. The normalized spacial score (nSPS) is 15.8. The van der Waals surface area contributed by atoms with E-state index in [1.165, 1.54) is 9.13 Å². The van der Waals surface area contributed by atoms with E-state index in [9.17, 15) is 45.5 Å². The molecule has 0 unspecified atom stereocenters. The first-order valence-electron chi connectivity index (χ1n) is 28.1. The lowest BCUT2D eigenvalue weighted by atomic mass is 9.95. The number of carbonyl (C=O) groups excluding carboxylic acids is 2. The fourth-order valence-electron chi connectivity index (χ4n) is 10.0. The predicted molar refractivity (Wildman–Crippen MR) is 303 cm³/mol. The van der Waals surface area contributed by atoms with Crippen molar-refractivity contribution in [2.24, 2.45) is 0 Å². The lowest BCUT2D eigenvalue weighted by Gasteiger charge is -2.42. The van der Waals surface area contributed by atoms with Crippen molar-refractivity contribution in [1.82, 2.24) is 39.0 Å². The van der Waals surface area contributed by atoms with Crippen LogP contribution in [-0.2, 0) is 55.5 Å². The van der Waals surface area contributed by atoms with Crippen LogP contribution < -0.4 is 21.2 Å². The Bertz CT molecular complexity index is 3400. The van der Waals surface area contributed by atoms with Crippen LogP contribution in [0.1, 0.15) is 101 Å². The van der Waals surface area contributed by atoms with Gasteiger partial charge in [-0.05, 0) is 44.4 Å². The van der Waals surface area contributed by atoms with Crippen molar-refractivity contribution in [3.05, 3.63) is 152 Å². The number of quaternary nitrogens is 2. The summed E-state index contributed by atoms with van der Waals surface area (Å²) >= 11 is 0. The average Bonchev–Trinajstić information content (AvgIpc) is 3.48. The molecule has 2 fully saturated rings. The highest BCUT2D eigenvalue weighted by atomic mass is 19.4. The highest BCUT2D eigenvalue weighted by molar-refractivity contribution is 5.91. The Morgan fingerprint density at radius 2 is 0.964 bits per heavy atom. The number of carbonyl (C=O) groups is 2. The minimum absolute atomic E-state index is 0.0130. The molecule has 0 radical (unpaired) electrons. The van der Waals surface area contributed by atoms with Crippen molar-refractivity contribution in [3.8, 4) is 22.5 Å². The molecular weight excluding hydrogens is 1100 g/mol. The van der Waals surface area contributed by atoms with Gasteiger partial charge in [-0.1, -0.05) is 95.6 Å². The Kier molecular flexibility index (Phi) is 18.6. The fraction of sp³-hybridized carbons (Fsp3) is 0.467. The van der Waals surface area contributed by atoms with Crippen LogP contribution >= 0.6 is 0 Å². The van der Waals surface area contributed by atoms with Crippen molar-refractivity contribution >= 4 is 23.6 Å². The molecule has 0 N–H and O–H groups in total. The monoisotopic (exact) mass is 1170 g/mol. The van der Waals surface area contributed by atoms with Crippen LogP contribution in [0.25, 0.3) is 22.5 Å². The number of aryl methyl sites for hydroxylation is 4. The maximum absolute atomic E-state index is 14.2. The smallest absolute Gasteiger partial charge is 0.345 e. The number of hydrogen-bond donors (Lipinski definition) is 0. The van der Waals surface area contributed by atoms with Gasteiger partial charge in [0, 0.05) is 84.6 Å². The standard InChI is InChI=1S/C60H72F6N12O6/c1-41-17-19-43(20-18-41)45-23-27-75(55(81)67-45)25-11-13-33-77(35-29-73(30-36-77)49-39-47(59(61,62)63)69-53(71-49)57(3,4)5)83-51(79)21-22-52(80)84-78(34-14-12-26-76-28-24-46(68-56(76)82)44-16-10-9-15-42(44)2)37-31-74(32-38-78)50-40-48(60(64,65)66)70-54(72-50)58(6,7)8/h9-10,15-24,27-28,39-40H,11-14,25-26,29-38H2,1-8H3/q+2/b22-21+. The third kappa shape index (κ3) is 15.9. The summed E-state index contributed by atoms with van der Waals surface area (Å²) in [5, 5.41) is 0. The molecule has 6 heterocycles. The molecule has 24 heteroatoms. The number of benzene rings is 2. The third-order valence-electron chi connectivity index (χ3n) is 15.0. The Balaban J connectivity index is 0.981. The Labute approximate surface area is 483 Å². The zero-order valence-electron chi connectivity index (χ0n) is 48.6. The molecule has 0 spiro atoms. The molecule has 6 aromatic rings. The lowest BCUT2D eigenvalue weighted by molar-refractivity contribution is -1.09. The van der Waals surface area contributed by atoms with Gasteiger partial charge >= 0.3 is 35.7 Å². The van der Waals surface area contributed by atoms with Crippen molar-refractivity contribution in [1.29, 1.82) is 0 Å². The third-order valence-corrected chi connectivity index (χ3v) is 15.0.